The third-order valence-corrected chi connectivity index (χ3v) is 5.16. The third kappa shape index (κ3) is 3.46. The monoisotopic (exact) mass is 368 g/mol. The van der Waals surface area contributed by atoms with Crippen LogP contribution < -0.4 is 10.3 Å². The third-order valence-electron chi connectivity index (χ3n) is 5.16. The highest BCUT2D eigenvalue weighted by atomic mass is 19.1. The van der Waals surface area contributed by atoms with E-state index in [1.807, 2.05) is 29.2 Å². The fraction of sp³-hybridized carbons (Fsp3) is 0.286. The van der Waals surface area contributed by atoms with Crippen LogP contribution in [0.1, 0.15) is 23.6 Å². The van der Waals surface area contributed by atoms with Crippen molar-refractivity contribution >= 4 is 10.9 Å². The molecular formula is C21H21FN2O3. The number of aromatic amines is 1. The van der Waals surface area contributed by atoms with E-state index >= 15 is 0 Å². The number of halogens is 1. The molecule has 2 aromatic carbocycles. The maximum absolute atomic E-state index is 13.6. The molecule has 4 rings (SSSR count). The molecule has 27 heavy (non-hydrogen) atoms. The number of benzene rings is 2. The standard InChI is InChI=1S/C21H21FN2O3/c1-27-17-5-6-18-14(11-17)9-15(21(26)23-18)12-24-8-7-19(25)20(24)13-3-2-4-16(22)10-13/h2-6,9-11,19-20,25H,7-8,12H2,1H3,(H,23,26)/t19-,20-/m1/s1. The number of rotatable bonds is 4. The van der Waals surface area contributed by atoms with E-state index in [2.05, 4.69) is 4.98 Å². The molecule has 2 atom stereocenters. The Bertz CT molecular complexity index is 1030. The van der Waals surface area contributed by atoms with Gasteiger partial charge in [-0.25, -0.2) is 4.39 Å². The molecule has 2 N–H and O–H groups in total. The Kier molecular flexibility index (Phi) is 4.68. The minimum atomic E-state index is -0.591. The van der Waals surface area contributed by atoms with Crippen LogP contribution in [0.2, 0.25) is 0 Å². The number of nitrogens with one attached hydrogen (secondary N) is 1. The molecule has 0 radical (unpaired) electrons. The molecule has 0 bridgehead atoms. The van der Waals surface area contributed by atoms with Crippen LogP contribution in [0.25, 0.3) is 10.9 Å². The smallest absolute Gasteiger partial charge is 0.252 e. The van der Waals surface area contributed by atoms with Gasteiger partial charge in [0.15, 0.2) is 0 Å². The summed E-state index contributed by atoms with van der Waals surface area (Å²) in [5, 5.41) is 11.3. The van der Waals surface area contributed by atoms with Crippen molar-refractivity contribution in [3.8, 4) is 5.75 Å². The second kappa shape index (κ2) is 7.13. The van der Waals surface area contributed by atoms with Crippen molar-refractivity contribution < 1.29 is 14.2 Å². The van der Waals surface area contributed by atoms with Gasteiger partial charge in [0.1, 0.15) is 11.6 Å². The Morgan fingerprint density at radius 2 is 2.11 bits per heavy atom. The van der Waals surface area contributed by atoms with Crippen LogP contribution in [0.4, 0.5) is 4.39 Å². The molecule has 1 aromatic heterocycles. The molecule has 3 aromatic rings. The van der Waals surface area contributed by atoms with Gasteiger partial charge in [0, 0.05) is 29.6 Å². The first-order valence-corrected chi connectivity index (χ1v) is 8.92. The van der Waals surface area contributed by atoms with Gasteiger partial charge in [-0.15, -0.1) is 0 Å². The van der Waals surface area contributed by atoms with E-state index in [4.69, 9.17) is 4.74 Å². The molecular weight excluding hydrogens is 347 g/mol. The van der Waals surface area contributed by atoms with Gasteiger partial charge in [0.05, 0.1) is 19.3 Å². The number of methoxy groups -OCH3 is 1. The zero-order valence-electron chi connectivity index (χ0n) is 15.0. The average Bonchev–Trinajstić information content (AvgIpc) is 3.02. The molecule has 0 spiro atoms. The molecule has 140 valence electrons. The lowest BCUT2D eigenvalue weighted by molar-refractivity contribution is 0.112. The van der Waals surface area contributed by atoms with Crippen molar-refractivity contribution in [2.24, 2.45) is 0 Å². The molecule has 0 amide bonds. The van der Waals surface area contributed by atoms with Crippen molar-refractivity contribution in [2.45, 2.75) is 25.1 Å². The normalized spacial score (nSPS) is 20.3. The maximum atomic E-state index is 13.6. The molecule has 0 saturated carbocycles. The topological polar surface area (TPSA) is 65.6 Å². The highest BCUT2D eigenvalue weighted by Crippen LogP contribution is 2.33. The van der Waals surface area contributed by atoms with E-state index < -0.39 is 6.10 Å². The summed E-state index contributed by atoms with van der Waals surface area (Å²) in [6.07, 6.45) is -0.00745. The quantitative estimate of drug-likeness (QED) is 0.743. The molecule has 0 aliphatic carbocycles. The number of pyridine rings is 1. The predicted octanol–water partition coefficient (Wildman–Crippen LogP) is 2.98. The number of hydrogen-bond donors (Lipinski definition) is 2. The average molecular weight is 368 g/mol. The first-order valence-electron chi connectivity index (χ1n) is 8.92. The zero-order chi connectivity index (χ0) is 19.0. The predicted molar refractivity (Wildman–Crippen MR) is 101 cm³/mol. The summed E-state index contributed by atoms with van der Waals surface area (Å²) in [7, 11) is 1.60. The van der Waals surface area contributed by atoms with Gasteiger partial charge in [0.25, 0.3) is 5.56 Å². The number of aromatic nitrogens is 1. The van der Waals surface area contributed by atoms with E-state index in [1.54, 1.807) is 19.2 Å². The van der Waals surface area contributed by atoms with Crippen LogP contribution in [-0.4, -0.2) is 34.7 Å². The summed E-state index contributed by atoms with van der Waals surface area (Å²) in [4.78, 5) is 17.4. The number of aliphatic hydroxyl groups is 1. The number of hydrogen-bond acceptors (Lipinski definition) is 4. The van der Waals surface area contributed by atoms with E-state index in [0.29, 0.717) is 25.1 Å². The maximum Gasteiger partial charge on any atom is 0.252 e. The highest BCUT2D eigenvalue weighted by molar-refractivity contribution is 5.80. The number of ether oxygens (including phenoxy) is 1. The Morgan fingerprint density at radius 3 is 2.89 bits per heavy atom. The largest absolute Gasteiger partial charge is 0.497 e. The van der Waals surface area contributed by atoms with Crippen molar-refractivity contribution in [3.05, 3.63) is 75.8 Å². The van der Waals surface area contributed by atoms with Gasteiger partial charge in [0.2, 0.25) is 0 Å². The van der Waals surface area contributed by atoms with Gasteiger partial charge in [-0.1, -0.05) is 12.1 Å². The Hall–Kier alpha value is -2.70. The summed E-state index contributed by atoms with van der Waals surface area (Å²) in [5.41, 5.74) is 1.91. The van der Waals surface area contributed by atoms with Crippen LogP contribution >= 0.6 is 0 Å². The number of likely N-dealkylation sites (tertiary alicyclic amines) is 1. The molecule has 6 heteroatoms. The van der Waals surface area contributed by atoms with Crippen molar-refractivity contribution in [1.82, 2.24) is 9.88 Å². The Morgan fingerprint density at radius 1 is 1.26 bits per heavy atom. The van der Waals surface area contributed by atoms with Gasteiger partial charge >= 0.3 is 0 Å². The second-order valence-electron chi connectivity index (χ2n) is 6.90. The fourth-order valence-corrected chi connectivity index (χ4v) is 3.83. The Labute approximate surface area is 156 Å². The van der Waals surface area contributed by atoms with E-state index in [9.17, 15) is 14.3 Å². The van der Waals surface area contributed by atoms with Crippen LogP contribution in [0.3, 0.4) is 0 Å². The lowest BCUT2D eigenvalue weighted by Gasteiger charge is -2.26. The number of nitrogens with zero attached hydrogens (tertiary/aromatic N) is 1. The molecule has 1 aliphatic rings. The van der Waals surface area contributed by atoms with Crippen molar-refractivity contribution in [1.29, 1.82) is 0 Å². The van der Waals surface area contributed by atoms with Crippen LogP contribution in [0.15, 0.2) is 53.3 Å². The highest BCUT2D eigenvalue weighted by Gasteiger charge is 2.34. The summed E-state index contributed by atoms with van der Waals surface area (Å²) in [6, 6.07) is 13.3. The Balaban J connectivity index is 1.68. The van der Waals surface area contributed by atoms with Crippen LogP contribution in [-0.2, 0) is 6.54 Å². The fourth-order valence-electron chi connectivity index (χ4n) is 3.83. The summed E-state index contributed by atoms with van der Waals surface area (Å²) >= 11 is 0. The number of H-pyrrole nitrogens is 1. The first-order chi connectivity index (χ1) is 13.0. The summed E-state index contributed by atoms with van der Waals surface area (Å²) < 4.78 is 18.9. The first kappa shape index (κ1) is 17.7. The number of fused-ring (bicyclic) bond motifs is 1. The molecule has 5 nitrogen and oxygen atoms in total. The van der Waals surface area contributed by atoms with Gasteiger partial charge < -0.3 is 14.8 Å². The number of aliphatic hydroxyl groups excluding tert-OH is 1. The minimum Gasteiger partial charge on any atom is -0.497 e. The van der Waals surface area contributed by atoms with E-state index in [1.165, 1.54) is 12.1 Å². The van der Waals surface area contributed by atoms with Gasteiger partial charge in [-0.05, 0) is 48.4 Å². The molecule has 1 aliphatic heterocycles. The minimum absolute atomic E-state index is 0.160. The molecule has 2 heterocycles. The van der Waals surface area contributed by atoms with Crippen molar-refractivity contribution in [2.75, 3.05) is 13.7 Å². The summed E-state index contributed by atoms with van der Waals surface area (Å²) in [6.45, 7) is 1.01. The van der Waals surface area contributed by atoms with E-state index in [0.717, 1.165) is 22.2 Å². The lowest BCUT2D eigenvalue weighted by Crippen LogP contribution is -2.29. The SMILES string of the molecule is COc1ccc2[nH]c(=O)c(CN3CC[C@@H](O)[C@H]3c3cccc(F)c3)cc2c1. The van der Waals surface area contributed by atoms with Crippen LogP contribution in [0.5, 0.6) is 5.75 Å². The molecule has 0 unspecified atom stereocenters. The second-order valence-corrected chi connectivity index (χ2v) is 6.90. The van der Waals surface area contributed by atoms with E-state index in [-0.39, 0.29) is 17.4 Å². The van der Waals surface area contributed by atoms with Gasteiger partial charge in [-0.2, -0.15) is 0 Å². The van der Waals surface area contributed by atoms with Crippen molar-refractivity contribution in [3.63, 3.8) is 0 Å². The molecule has 1 fully saturated rings. The van der Waals surface area contributed by atoms with Crippen LogP contribution in [0, 0.1) is 5.82 Å². The zero-order valence-corrected chi connectivity index (χ0v) is 15.0. The molecule has 1 saturated heterocycles. The lowest BCUT2D eigenvalue weighted by atomic mass is 10.0. The van der Waals surface area contributed by atoms with Gasteiger partial charge in [-0.3, -0.25) is 9.69 Å². The summed E-state index contributed by atoms with van der Waals surface area (Å²) in [5.74, 6) is 0.386.